The first-order valence-electron chi connectivity index (χ1n) is 23.9. The normalized spacial score (nSPS) is 13.0. The number of benzene rings is 6. The van der Waals surface area contributed by atoms with Crippen molar-refractivity contribution in [2.75, 3.05) is 4.90 Å². The van der Waals surface area contributed by atoms with E-state index >= 15 is 0 Å². The van der Waals surface area contributed by atoms with Crippen molar-refractivity contribution in [3.63, 3.8) is 0 Å². The smallest absolute Gasteiger partial charge is 0.0462 e. The van der Waals surface area contributed by atoms with E-state index in [0.29, 0.717) is 0 Å². The van der Waals surface area contributed by atoms with Gasteiger partial charge in [-0.1, -0.05) is 237 Å². The Balaban J connectivity index is 1.34. The minimum absolute atomic E-state index is 0.0462. The van der Waals surface area contributed by atoms with E-state index in [2.05, 4.69) is 286 Å². The first-order chi connectivity index (χ1) is 30.6. The second-order valence-corrected chi connectivity index (χ2v) is 23.7. The van der Waals surface area contributed by atoms with Crippen molar-refractivity contribution in [1.82, 2.24) is 0 Å². The summed E-state index contributed by atoms with van der Waals surface area (Å²) < 4.78 is 0. The molecule has 0 aromatic heterocycles. The van der Waals surface area contributed by atoms with Gasteiger partial charge >= 0.3 is 0 Å². The van der Waals surface area contributed by atoms with Crippen molar-refractivity contribution in [2.45, 2.75) is 138 Å². The maximum atomic E-state index is 4.24. The molecule has 0 amide bonds. The molecule has 6 aromatic carbocycles. The molecule has 6 aromatic rings. The zero-order chi connectivity index (χ0) is 48.4. The molecule has 6 rings (SSSR count). The molecule has 0 heterocycles. The molecule has 1 heteroatoms. The highest BCUT2D eigenvalue weighted by atomic mass is 15.1. The Morgan fingerprint density at radius 3 is 0.788 bits per heavy atom. The molecule has 0 aliphatic rings. The molecule has 1 nitrogen and oxygen atoms in total. The Kier molecular flexibility index (Phi) is 14.3. The van der Waals surface area contributed by atoms with Crippen LogP contribution in [0.25, 0.3) is 42.0 Å². The third-order valence-electron chi connectivity index (χ3n) is 12.5. The third kappa shape index (κ3) is 12.9. The van der Waals surface area contributed by atoms with Crippen LogP contribution in [-0.2, 0) is 27.1 Å². The van der Waals surface area contributed by atoms with Gasteiger partial charge in [-0.3, -0.25) is 0 Å². The second kappa shape index (κ2) is 19.1. The van der Waals surface area contributed by atoms with Crippen molar-refractivity contribution < 1.29 is 0 Å². The van der Waals surface area contributed by atoms with Crippen LogP contribution in [0.5, 0.6) is 0 Å². The van der Waals surface area contributed by atoms with E-state index in [1.54, 1.807) is 0 Å². The standard InChI is InChI=1S/C65H77N/c1-45(2)52-36-49(37-53(42-52)61(3,4)5)21-18-46-24-30-58(31-25-46)66(59-32-26-47(27-33-59)19-22-50-38-54(62(6,7)8)43-55(39-50)63(9,10)11)60-34-28-48(29-35-60)20-23-51-40-56(64(12,13)14)44-57(41-51)65(15,16)17/h18-44H,1H2,2-17H3/b21-18+,22-19+,23-20+. The minimum Gasteiger partial charge on any atom is -0.311 e. The predicted octanol–water partition coefficient (Wildman–Crippen LogP) is 19.2. The van der Waals surface area contributed by atoms with Gasteiger partial charge in [0, 0.05) is 17.1 Å². The van der Waals surface area contributed by atoms with Crippen LogP contribution in [0.1, 0.15) is 178 Å². The molecule has 66 heavy (non-hydrogen) atoms. The Labute approximate surface area is 400 Å². The van der Waals surface area contributed by atoms with E-state index in [1.165, 1.54) is 50.1 Å². The van der Waals surface area contributed by atoms with Crippen LogP contribution in [0.3, 0.4) is 0 Å². The highest BCUT2D eigenvalue weighted by Crippen LogP contribution is 2.37. The van der Waals surface area contributed by atoms with Gasteiger partial charge in [0.25, 0.3) is 0 Å². The van der Waals surface area contributed by atoms with Gasteiger partial charge in [0.1, 0.15) is 0 Å². The van der Waals surface area contributed by atoms with Gasteiger partial charge in [0.15, 0.2) is 0 Å². The Hall–Kier alpha value is -5.92. The number of nitrogens with zero attached hydrogens (tertiary/aromatic N) is 1. The highest BCUT2D eigenvalue weighted by Gasteiger charge is 2.22. The first kappa shape index (κ1) is 49.5. The van der Waals surface area contributed by atoms with Crippen LogP contribution >= 0.6 is 0 Å². The maximum Gasteiger partial charge on any atom is 0.0462 e. The molecular weight excluding hydrogens is 795 g/mol. The molecular formula is C65H77N. The third-order valence-corrected chi connectivity index (χ3v) is 12.5. The molecule has 0 aliphatic heterocycles. The van der Waals surface area contributed by atoms with Gasteiger partial charge in [0.2, 0.25) is 0 Å². The fraction of sp³-hybridized carbons (Fsp3) is 0.323. The molecule has 342 valence electrons. The van der Waals surface area contributed by atoms with Gasteiger partial charge in [-0.15, -0.1) is 0 Å². The van der Waals surface area contributed by atoms with Crippen molar-refractivity contribution >= 4 is 59.1 Å². The summed E-state index contributed by atoms with van der Waals surface area (Å²) in [5.74, 6) is 0. The molecule has 0 fully saturated rings. The molecule has 0 radical (unpaired) electrons. The number of allylic oxidation sites excluding steroid dienone is 1. The van der Waals surface area contributed by atoms with E-state index in [-0.39, 0.29) is 27.1 Å². The monoisotopic (exact) mass is 872 g/mol. The molecule has 0 spiro atoms. The predicted molar refractivity (Wildman–Crippen MR) is 295 cm³/mol. The summed E-state index contributed by atoms with van der Waals surface area (Å²) in [5.41, 5.74) is 19.8. The van der Waals surface area contributed by atoms with E-state index in [1.807, 2.05) is 0 Å². The number of hydrogen-bond acceptors (Lipinski definition) is 1. The average Bonchev–Trinajstić information content (AvgIpc) is 3.24. The van der Waals surface area contributed by atoms with E-state index in [0.717, 1.165) is 39.3 Å². The van der Waals surface area contributed by atoms with Crippen molar-refractivity contribution in [3.8, 4) is 0 Å². The van der Waals surface area contributed by atoms with Crippen LogP contribution in [0.15, 0.2) is 134 Å². The lowest BCUT2D eigenvalue weighted by atomic mass is 9.79. The van der Waals surface area contributed by atoms with E-state index in [9.17, 15) is 0 Å². The lowest BCUT2D eigenvalue weighted by Crippen LogP contribution is -2.16. The minimum atomic E-state index is 0.0462. The summed E-state index contributed by atoms with van der Waals surface area (Å²) >= 11 is 0. The van der Waals surface area contributed by atoms with Crippen LogP contribution in [0.4, 0.5) is 17.1 Å². The Bertz CT molecular complexity index is 2540. The summed E-state index contributed by atoms with van der Waals surface area (Å²) in [6.07, 6.45) is 13.4. The number of hydrogen-bond donors (Lipinski definition) is 0. The summed E-state index contributed by atoms with van der Waals surface area (Å²) in [4.78, 5) is 2.35. The zero-order valence-electron chi connectivity index (χ0n) is 43.2. The average molecular weight is 872 g/mol. The summed E-state index contributed by atoms with van der Waals surface area (Å²) in [6, 6.07) is 47.7. The van der Waals surface area contributed by atoms with Crippen molar-refractivity contribution in [2.24, 2.45) is 0 Å². The summed E-state index contributed by atoms with van der Waals surface area (Å²) in [7, 11) is 0. The lowest BCUT2D eigenvalue weighted by Gasteiger charge is -2.26. The summed E-state index contributed by atoms with van der Waals surface area (Å²) in [6.45, 7) is 40.7. The molecule has 0 N–H and O–H groups in total. The molecule has 0 unspecified atom stereocenters. The molecule has 0 saturated carbocycles. The molecule has 0 saturated heterocycles. The van der Waals surface area contributed by atoms with E-state index in [4.69, 9.17) is 0 Å². The van der Waals surface area contributed by atoms with Crippen LogP contribution in [-0.4, -0.2) is 0 Å². The Morgan fingerprint density at radius 2 is 0.545 bits per heavy atom. The maximum absolute atomic E-state index is 4.24. The fourth-order valence-electron chi connectivity index (χ4n) is 7.88. The van der Waals surface area contributed by atoms with Gasteiger partial charge < -0.3 is 4.90 Å². The fourth-order valence-corrected chi connectivity index (χ4v) is 7.88. The zero-order valence-corrected chi connectivity index (χ0v) is 43.2. The Morgan fingerprint density at radius 1 is 0.318 bits per heavy atom. The van der Waals surface area contributed by atoms with Crippen LogP contribution < -0.4 is 4.90 Å². The van der Waals surface area contributed by atoms with Crippen molar-refractivity contribution in [1.29, 1.82) is 0 Å². The van der Waals surface area contributed by atoms with Gasteiger partial charge in [-0.2, -0.15) is 0 Å². The molecule has 0 aliphatic carbocycles. The lowest BCUT2D eigenvalue weighted by molar-refractivity contribution is 0.568. The van der Waals surface area contributed by atoms with Gasteiger partial charge in [0.05, 0.1) is 0 Å². The first-order valence-corrected chi connectivity index (χ1v) is 23.9. The SMILES string of the molecule is C=C(C)c1cc(/C=C/c2ccc(N(c3ccc(/C=C/c4cc(C(C)(C)C)cc(C(C)(C)C)c4)cc3)c3ccc(/C=C/c4cc(C(C)(C)C)cc(C(C)(C)C)c4)cc3)cc2)cc(C(C)(C)C)c1. The largest absolute Gasteiger partial charge is 0.311 e. The molecule has 0 atom stereocenters. The van der Waals surface area contributed by atoms with Crippen molar-refractivity contribution in [3.05, 3.63) is 201 Å². The molecule has 0 bridgehead atoms. The summed E-state index contributed by atoms with van der Waals surface area (Å²) in [5, 5.41) is 0. The highest BCUT2D eigenvalue weighted by molar-refractivity contribution is 5.81. The van der Waals surface area contributed by atoms with E-state index < -0.39 is 0 Å². The quantitative estimate of drug-likeness (QED) is 0.124. The van der Waals surface area contributed by atoms with Crippen LogP contribution in [0, 0.1) is 0 Å². The number of rotatable bonds is 10. The number of anilines is 3. The topological polar surface area (TPSA) is 3.24 Å². The van der Waals surface area contributed by atoms with Gasteiger partial charge in [-0.05, 0) is 143 Å². The second-order valence-electron chi connectivity index (χ2n) is 23.7. The van der Waals surface area contributed by atoms with Gasteiger partial charge in [-0.25, -0.2) is 0 Å². The van der Waals surface area contributed by atoms with Crippen LogP contribution in [0.2, 0.25) is 0 Å².